The zero-order chi connectivity index (χ0) is 37.2. The van der Waals surface area contributed by atoms with Crippen molar-refractivity contribution in [3.8, 4) is 0 Å². The molecule has 3 N–H and O–H groups in total. The zero-order valence-electron chi connectivity index (χ0n) is 33.4. The largest absolute Gasteiger partial charge is 0.472 e. The number of aliphatic hydroxyl groups excluding tert-OH is 1. The molecule has 0 saturated carbocycles. The van der Waals surface area contributed by atoms with Crippen LogP contribution in [-0.4, -0.2) is 73.4 Å². The van der Waals surface area contributed by atoms with E-state index in [2.05, 4.69) is 31.3 Å². The van der Waals surface area contributed by atoms with Gasteiger partial charge in [0.15, 0.2) is 0 Å². The molecule has 0 aromatic heterocycles. The number of carbonyl (C=O) groups excluding carboxylic acids is 1. The summed E-state index contributed by atoms with van der Waals surface area (Å²) in [6.07, 6.45) is 38.4. The average Bonchev–Trinajstić information content (AvgIpc) is 3.06. The standard InChI is InChI=1S/C41H81N2O6P/c1-6-8-10-12-14-15-16-17-18-19-20-21-22-23-24-25-26-27-29-31-33-35-41(45)42-39(40(44)34-32-30-28-13-11-9-7-2)38-49-50(46,47)48-37-36-43(3,4)5/h19-20,32,34,39-40,44H,6-18,21-31,33,35-38H2,1-5H3,(H-,42,45,46,47)/p+1/b20-19-,34-32+. The summed E-state index contributed by atoms with van der Waals surface area (Å²) < 4.78 is 23.4. The van der Waals surface area contributed by atoms with E-state index in [1.54, 1.807) is 6.08 Å². The van der Waals surface area contributed by atoms with Gasteiger partial charge in [-0.25, -0.2) is 4.57 Å². The molecule has 296 valence electrons. The summed E-state index contributed by atoms with van der Waals surface area (Å²) in [6.45, 7) is 4.74. The Morgan fingerprint density at radius 1 is 0.660 bits per heavy atom. The summed E-state index contributed by atoms with van der Waals surface area (Å²) in [5.74, 6) is -0.184. The lowest BCUT2D eigenvalue weighted by molar-refractivity contribution is -0.870. The van der Waals surface area contributed by atoms with Crippen LogP contribution >= 0.6 is 7.82 Å². The Bertz CT molecular complexity index is 876. The molecule has 0 fully saturated rings. The second-order valence-corrected chi connectivity index (χ2v) is 16.8. The van der Waals surface area contributed by atoms with Crippen LogP contribution in [0.15, 0.2) is 24.3 Å². The first-order chi connectivity index (χ1) is 24.0. The van der Waals surface area contributed by atoms with Gasteiger partial charge in [-0.2, -0.15) is 0 Å². The highest BCUT2D eigenvalue weighted by atomic mass is 31.2. The first-order valence-electron chi connectivity index (χ1n) is 20.7. The second-order valence-electron chi connectivity index (χ2n) is 15.4. The van der Waals surface area contributed by atoms with Crippen LogP contribution in [0.1, 0.15) is 181 Å². The third-order valence-electron chi connectivity index (χ3n) is 9.17. The van der Waals surface area contributed by atoms with E-state index in [0.717, 1.165) is 38.5 Å². The number of phosphoric acid groups is 1. The van der Waals surface area contributed by atoms with Crippen molar-refractivity contribution in [1.29, 1.82) is 0 Å². The summed E-state index contributed by atoms with van der Waals surface area (Å²) in [4.78, 5) is 22.9. The van der Waals surface area contributed by atoms with Crippen LogP contribution in [0.3, 0.4) is 0 Å². The predicted octanol–water partition coefficient (Wildman–Crippen LogP) is 11.0. The molecule has 3 atom stereocenters. The number of rotatable bonds is 37. The smallest absolute Gasteiger partial charge is 0.387 e. The molecule has 0 heterocycles. The maximum Gasteiger partial charge on any atom is 0.472 e. The number of amides is 1. The quantitative estimate of drug-likeness (QED) is 0.0254. The first-order valence-corrected chi connectivity index (χ1v) is 22.2. The molecule has 0 aliphatic carbocycles. The van der Waals surface area contributed by atoms with Crippen molar-refractivity contribution in [2.24, 2.45) is 0 Å². The molecule has 1 amide bonds. The summed E-state index contributed by atoms with van der Waals surface area (Å²) >= 11 is 0. The molecule has 0 spiro atoms. The van der Waals surface area contributed by atoms with E-state index in [0.29, 0.717) is 17.4 Å². The van der Waals surface area contributed by atoms with Crippen molar-refractivity contribution in [3.05, 3.63) is 24.3 Å². The van der Waals surface area contributed by atoms with Crippen LogP contribution < -0.4 is 5.32 Å². The highest BCUT2D eigenvalue weighted by Gasteiger charge is 2.27. The lowest BCUT2D eigenvalue weighted by atomic mass is 10.0. The van der Waals surface area contributed by atoms with Gasteiger partial charge in [0, 0.05) is 6.42 Å². The van der Waals surface area contributed by atoms with Gasteiger partial charge in [-0.05, 0) is 44.9 Å². The van der Waals surface area contributed by atoms with E-state index in [1.165, 1.54) is 122 Å². The van der Waals surface area contributed by atoms with Crippen LogP contribution in [0.5, 0.6) is 0 Å². The number of hydrogen-bond donors (Lipinski definition) is 3. The number of hydrogen-bond acceptors (Lipinski definition) is 5. The fourth-order valence-electron chi connectivity index (χ4n) is 5.80. The Hall–Kier alpha value is -1.02. The van der Waals surface area contributed by atoms with Crippen LogP contribution in [0, 0.1) is 0 Å². The number of nitrogens with one attached hydrogen (secondary N) is 1. The van der Waals surface area contributed by atoms with Gasteiger partial charge in [0.2, 0.25) is 5.91 Å². The molecule has 0 rings (SSSR count). The SMILES string of the molecule is CCCCCCC/C=C/C(O)C(COP(=O)(O)OCC[N+](C)(C)C)NC(=O)CCCCCCCCCCC/C=C\CCCCCCCCCC. The topological polar surface area (TPSA) is 105 Å². The molecule has 0 aliphatic rings. The minimum Gasteiger partial charge on any atom is -0.387 e. The fourth-order valence-corrected chi connectivity index (χ4v) is 6.53. The van der Waals surface area contributed by atoms with Crippen molar-refractivity contribution in [1.82, 2.24) is 5.32 Å². The minimum atomic E-state index is -4.32. The van der Waals surface area contributed by atoms with E-state index in [4.69, 9.17) is 9.05 Å². The van der Waals surface area contributed by atoms with Crippen LogP contribution in [-0.2, 0) is 18.4 Å². The third kappa shape index (κ3) is 35.4. The van der Waals surface area contributed by atoms with Crippen molar-refractivity contribution in [3.63, 3.8) is 0 Å². The fraction of sp³-hybridized carbons (Fsp3) is 0.878. The monoisotopic (exact) mass is 730 g/mol. The molecule has 0 saturated heterocycles. The van der Waals surface area contributed by atoms with Gasteiger partial charge in [0.1, 0.15) is 13.2 Å². The van der Waals surface area contributed by atoms with E-state index in [1.807, 2.05) is 27.2 Å². The van der Waals surface area contributed by atoms with Gasteiger partial charge in [-0.3, -0.25) is 13.8 Å². The zero-order valence-corrected chi connectivity index (χ0v) is 34.3. The van der Waals surface area contributed by atoms with Gasteiger partial charge in [-0.15, -0.1) is 0 Å². The molecule has 0 radical (unpaired) electrons. The van der Waals surface area contributed by atoms with E-state index in [-0.39, 0.29) is 19.1 Å². The maximum absolute atomic E-state index is 12.8. The summed E-state index contributed by atoms with van der Waals surface area (Å²) in [7, 11) is 1.57. The molecular weight excluding hydrogens is 647 g/mol. The summed E-state index contributed by atoms with van der Waals surface area (Å²) in [5.41, 5.74) is 0. The van der Waals surface area contributed by atoms with Crippen molar-refractivity contribution < 1.29 is 32.9 Å². The third-order valence-corrected chi connectivity index (χ3v) is 10.1. The number of unbranched alkanes of at least 4 members (excludes halogenated alkanes) is 22. The number of quaternary nitrogens is 1. The molecule has 9 heteroatoms. The highest BCUT2D eigenvalue weighted by molar-refractivity contribution is 7.47. The van der Waals surface area contributed by atoms with Gasteiger partial charge < -0.3 is 19.8 Å². The Morgan fingerprint density at radius 3 is 1.54 bits per heavy atom. The molecule has 0 aliphatic heterocycles. The van der Waals surface area contributed by atoms with Gasteiger partial charge in [0.25, 0.3) is 0 Å². The number of carbonyl (C=O) groups is 1. The Labute approximate surface area is 309 Å². The average molecular weight is 730 g/mol. The normalized spacial score (nSPS) is 14.8. The van der Waals surface area contributed by atoms with Crippen molar-refractivity contribution >= 4 is 13.7 Å². The first kappa shape index (κ1) is 49.0. The predicted molar refractivity (Wildman–Crippen MR) is 212 cm³/mol. The molecule has 50 heavy (non-hydrogen) atoms. The van der Waals surface area contributed by atoms with Gasteiger partial charge in [-0.1, -0.05) is 154 Å². The lowest BCUT2D eigenvalue weighted by Crippen LogP contribution is -2.45. The van der Waals surface area contributed by atoms with Crippen molar-refractivity contribution in [2.45, 2.75) is 193 Å². The van der Waals surface area contributed by atoms with E-state index in [9.17, 15) is 19.4 Å². The van der Waals surface area contributed by atoms with Crippen LogP contribution in [0.25, 0.3) is 0 Å². The molecule has 3 unspecified atom stereocenters. The Balaban J connectivity index is 4.21. The summed E-state index contributed by atoms with van der Waals surface area (Å²) in [6, 6.07) is -0.841. The molecule has 0 bridgehead atoms. The number of nitrogens with zero attached hydrogens (tertiary/aromatic N) is 1. The Morgan fingerprint density at radius 2 is 1.08 bits per heavy atom. The molecule has 8 nitrogen and oxygen atoms in total. The highest BCUT2D eigenvalue weighted by Crippen LogP contribution is 2.43. The minimum absolute atomic E-state index is 0.0614. The molecule has 0 aromatic carbocycles. The van der Waals surface area contributed by atoms with Gasteiger partial charge >= 0.3 is 7.82 Å². The second kappa shape index (κ2) is 33.8. The Kier molecular flexibility index (Phi) is 33.1. The van der Waals surface area contributed by atoms with Crippen LogP contribution in [0.4, 0.5) is 0 Å². The number of aliphatic hydroxyl groups is 1. The van der Waals surface area contributed by atoms with E-state index >= 15 is 0 Å². The van der Waals surface area contributed by atoms with Gasteiger partial charge in [0.05, 0.1) is 39.9 Å². The lowest BCUT2D eigenvalue weighted by Gasteiger charge is -2.25. The number of likely N-dealkylation sites (N-methyl/N-ethyl adjacent to an activating group) is 1. The maximum atomic E-state index is 12.8. The molecular formula is C41H82N2O6P+. The molecule has 0 aromatic rings. The van der Waals surface area contributed by atoms with Crippen LogP contribution in [0.2, 0.25) is 0 Å². The number of allylic oxidation sites excluding steroid dienone is 3. The van der Waals surface area contributed by atoms with E-state index < -0.39 is 20.0 Å². The summed E-state index contributed by atoms with van der Waals surface area (Å²) in [5, 5.41) is 13.7. The number of phosphoric ester groups is 1. The van der Waals surface area contributed by atoms with Crippen molar-refractivity contribution in [2.75, 3.05) is 40.9 Å².